The smallest absolute Gasteiger partial charge is 0.131 e. The minimum atomic E-state index is -1.10. The minimum Gasteiger partial charge on any atom is -0.468 e. The molecule has 0 amide bonds. The molecule has 0 aliphatic rings. The highest BCUT2D eigenvalue weighted by Crippen LogP contribution is 2.21. The summed E-state index contributed by atoms with van der Waals surface area (Å²) in [6, 6.07) is 10.3. The molecule has 6 heteroatoms. The lowest BCUT2D eigenvalue weighted by atomic mass is 10.1. The monoisotopic (exact) mass is 333 g/mol. The summed E-state index contributed by atoms with van der Waals surface area (Å²) in [5.74, 6) is -0.00778. The van der Waals surface area contributed by atoms with Crippen molar-refractivity contribution in [3.05, 3.63) is 83.7 Å². The molecule has 1 atom stereocenters. The van der Waals surface area contributed by atoms with Gasteiger partial charge in [-0.25, -0.2) is 8.78 Å². The Bertz CT molecular complexity index is 720. The largest absolute Gasteiger partial charge is 0.468 e. The van der Waals surface area contributed by atoms with E-state index in [9.17, 15) is 13.9 Å². The molecule has 126 valence electrons. The zero-order chi connectivity index (χ0) is 16.9. The van der Waals surface area contributed by atoms with Gasteiger partial charge in [-0.3, -0.25) is 4.90 Å². The molecule has 0 aliphatic carbocycles. The summed E-state index contributed by atoms with van der Waals surface area (Å²) in [4.78, 5) is 1.87. The summed E-state index contributed by atoms with van der Waals surface area (Å²) in [7, 11) is 0. The number of aliphatic hydroxyl groups excluding tert-OH is 1. The quantitative estimate of drug-likeness (QED) is 0.713. The van der Waals surface area contributed by atoms with Gasteiger partial charge in [0.25, 0.3) is 0 Å². The zero-order valence-corrected chi connectivity index (χ0v) is 12.9. The van der Waals surface area contributed by atoms with Gasteiger partial charge in [0.2, 0.25) is 0 Å². The molecule has 1 N–H and O–H groups in total. The molecule has 3 aromatic rings. The Morgan fingerprint density at radius 1 is 0.958 bits per heavy atom. The predicted molar refractivity (Wildman–Crippen MR) is 82.8 cm³/mol. The van der Waals surface area contributed by atoms with Gasteiger partial charge in [-0.15, -0.1) is 0 Å². The fourth-order valence-corrected chi connectivity index (χ4v) is 2.55. The maximum Gasteiger partial charge on any atom is 0.131 e. The number of nitrogens with zero attached hydrogens (tertiary/aromatic N) is 1. The third kappa shape index (κ3) is 4.10. The van der Waals surface area contributed by atoms with Gasteiger partial charge in [-0.05, 0) is 30.3 Å². The van der Waals surface area contributed by atoms with Crippen LogP contribution in [0.5, 0.6) is 0 Å². The van der Waals surface area contributed by atoms with Crippen LogP contribution in [0.25, 0.3) is 0 Å². The average Bonchev–Trinajstić information content (AvgIpc) is 3.20. The maximum atomic E-state index is 13.9. The van der Waals surface area contributed by atoms with E-state index in [0.29, 0.717) is 24.6 Å². The first kappa shape index (κ1) is 16.4. The second kappa shape index (κ2) is 7.42. The van der Waals surface area contributed by atoms with Crippen LogP contribution in [0, 0.1) is 11.6 Å². The number of aliphatic hydroxyl groups is 1. The number of halogens is 2. The zero-order valence-electron chi connectivity index (χ0n) is 12.9. The summed E-state index contributed by atoms with van der Waals surface area (Å²) in [6.07, 6.45) is 2.03. The van der Waals surface area contributed by atoms with E-state index in [1.807, 2.05) is 17.0 Å². The molecule has 3 rings (SSSR count). The molecule has 0 saturated carbocycles. The molecule has 1 aromatic carbocycles. The van der Waals surface area contributed by atoms with Gasteiger partial charge in [0.15, 0.2) is 0 Å². The normalized spacial score (nSPS) is 12.7. The Morgan fingerprint density at radius 3 is 2.08 bits per heavy atom. The SMILES string of the molecule is OC(CN(Cc1ccco1)Cc1ccco1)c1ccc(F)cc1F. The van der Waals surface area contributed by atoms with Gasteiger partial charge in [-0.1, -0.05) is 6.07 Å². The van der Waals surface area contributed by atoms with Crippen LogP contribution in [0.15, 0.2) is 63.8 Å². The van der Waals surface area contributed by atoms with Crippen molar-refractivity contribution >= 4 is 0 Å². The first-order valence-electron chi connectivity index (χ1n) is 7.52. The molecule has 0 bridgehead atoms. The van der Waals surface area contributed by atoms with Gasteiger partial charge in [0, 0.05) is 18.2 Å². The van der Waals surface area contributed by atoms with Crippen molar-refractivity contribution in [1.29, 1.82) is 0 Å². The summed E-state index contributed by atoms with van der Waals surface area (Å²) in [5.41, 5.74) is 0.0558. The number of hydrogen-bond donors (Lipinski definition) is 1. The van der Waals surface area contributed by atoms with Crippen molar-refractivity contribution < 1.29 is 22.7 Å². The third-order valence-electron chi connectivity index (χ3n) is 3.67. The number of hydrogen-bond acceptors (Lipinski definition) is 4. The van der Waals surface area contributed by atoms with Crippen molar-refractivity contribution in [1.82, 2.24) is 4.90 Å². The second-order valence-electron chi connectivity index (χ2n) is 5.51. The first-order valence-corrected chi connectivity index (χ1v) is 7.52. The lowest BCUT2D eigenvalue weighted by Crippen LogP contribution is -2.28. The molecule has 2 aromatic heterocycles. The van der Waals surface area contributed by atoms with Crippen LogP contribution in [0.3, 0.4) is 0 Å². The van der Waals surface area contributed by atoms with Crippen LogP contribution in [-0.2, 0) is 13.1 Å². The van der Waals surface area contributed by atoms with E-state index < -0.39 is 17.7 Å². The van der Waals surface area contributed by atoms with Gasteiger partial charge in [0.1, 0.15) is 23.2 Å². The molecule has 4 nitrogen and oxygen atoms in total. The Morgan fingerprint density at radius 2 is 1.58 bits per heavy atom. The Hall–Kier alpha value is -2.44. The van der Waals surface area contributed by atoms with E-state index in [4.69, 9.17) is 8.83 Å². The van der Waals surface area contributed by atoms with Gasteiger partial charge < -0.3 is 13.9 Å². The molecule has 2 heterocycles. The van der Waals surface area contributed by atoms with Crippen LogP contribution < -0.4 is 0 Å². The average molecular weight is 333 g/mol. The van der Waals surface area contributed by atoms with Crippen molar-refractivity contribution in [2.45, 2.75) is 19.2 Å². The van der Waals surface area contributed by atoms with Crippen LogP contribution >= 0.6 is 0 Å². The molecule has 24 heavy (non-hydrogen) atoms. The highest BCUT2D eigenvalue weighted by Gasteiger charge is 2.19. The topological polar surface area (TPSA) is 49.8 Å². The fourth-order valence-electron chi connectivity index (χ4n) is 2.55. The highest BCUT2D eigenvalue weighted by atomic mass is 19.1. The molecule has 0 fully saturated rings. The predicted octanol–water partition coefficient (Wildman–Crippen LogP) is 3.89. The van der Waals surface area contributed by atoms with Gasteiger partial charge in [-0.2, -0.15) is 0 Å². The highest BCUT2D eigenvalue weighted by molar-refractivity contribution is 5.21. The van der Waals surface area contributed by atoms with Crippen molar-refractivity contribution in [3.63, 3.8) is 0 Å². The number of furan rings is 2. The van der Waals surface area contributed by atoms with Crippen LogP contribution in [0.2, 0.25) is 0 Å². The molecule has 0 aliphatic heterocycles. The van der Waals surface area contributed by atoms with Crippen LogP contribution in [-0.4, -0.2) is 16.6 Å². The van der Waals surface area contributed by atoms with Gasteiger partial charge in [0.05, 0.1) is 31.7 Å². The Kier molecular flexibility index (Phi) is 5.08. The van der Waals surface area contributed by atoms with Crippen molar-refractivity contribution in [2.24, 2.45) is 0 Å². The standard InChI is InChI=1S/C18H17F2NO3/c19-13-5-6-16(17(20)9-13)18(22)12-21(10-14-3-1-7-23-14)11-15-4-2-8-24-15/h1-9,18,22H,10-12H2. The van der Waals surface area contributed by atoms with Crippen LogP contribution in [0.4, 0.5) is 8.78 Å². The molecule has 0 radical (unpaired) electrons. The number of rotatable bonds is 7. The Labute approximate surface area is 137 Å². The summed E-state index contributed by atoms with van der Waals surface area (Å²) < 4.78 is 37.5. The van der Waals surface area contributed by atoms with E-state index >= 15 is 0 Å². The lowest BCUT2D eigenvalue weighted by molar-refractivity contribution is 0.0935. The summed E-state index contributed by atoms with van der Waals surface area (Å²) >= 11 is 0. The lowest BCUT2D eigenvalue weighted by Gasteiger charge is -2.23. The Balaban J connectivity index is 1.74. The van der Waals surface area contributed by atoms with Crippen LogP contribution in [0.1, 0.15) is 23.2 Å². The minimum absolute atomic E-state index is 0.0558. The molecule has 1 unspecified atom stereocenters. The van der Waals surface area contributed by atoms with E-state index in [0.717, 1.165) is 12.1 Å². The van der Waals surface area contributed by atoms with E-state index in [-0.39, 0.29) is 12.1 Å². The fraction of sp³-hybridized carbons (Fsp3) is 0.222. The molecular formula is C18H17F2NO3. The summed E-state index contributed by atoms with van der Waals surface area (Å²) in [5, 5.41) is 10.4. The third-order valence-corrected chi connectivity index (χ3v) is 3.67. The first-order chi connectivity index (χ1) is 11.6. The molecular weight excluding hydrogens is 316 g/mol. The molecule has 0 spiro atoms. The van der Waals surface area contributed by atoms with Gasteiger partial charge >= 0.3 is 0 Å². The van der Waals surface area contributed by atoms with E-state index in [1.165, 1.54) is 6.07 Å². The second-order valence-corrected chi connectivity index (χ2v) is 5.51. The maximum absolute atomic E-state index is 13.9. The number of benzene rings is 1. The summed E-state index contributed by atoms with van der Waals surface area (Å²) in [6.45, 7) is 0.991. The van der Waals surface area contributed by atoms with E-state index in [1.54, 1.807) is 24.7 Å². The van der Waals surface area contributed by atoms with E-state index in [2.05, 4.69) is 0 Å². The molecule has 0 saturated heterocycles. The van der Waals surface area contributed by atoms with Crippen molar-refractivity contribution in [2.75, 3.05) is 6.54 Å². The van der Waals surface area contributed by atoms with Crippen molar-refractivity contribution in [3.8, 4) is 0 Å².